The third-order valence-electron chi connectivity index (χ3n) is 4.04. The number of fused-ring (bicyclic) bond motifs is 2. The quantitative estimate of drug-likeness (QED) is 0.811. The molecule has 0 aromatic carbocycles. The summed E-state index contributed by atoms with van der Waals surface area (Å²) in [6.45, 7) is 1.73. The van der Waals surface area contributed by atoms with Crippen LogP contribution in [0, 0.1) is 6.92 Å². The third kappa shape index (κ3) is 1.69. The molecule has 2 saturated heterocycles. The summed E-state index contributed by atoms with van der Waals surface area (Å²) in [6.07, 6.45) is 4.79. The second kappa shape index (κ2) is 4.04. The highest BCUT2D eigenvalue weighted by Crippen LogP contribution is 2.39. The molecule has 0 saturated carbocycles. The van der Waals surface area contributed by atoms with Crippen LogP contribution in [-0.2, 0) is 10.0 Å². The van der Waals surface area contributed by atoms with Gasteiger partial charge in [-0.25, -0.2) is 8.42 Å². The van der Waals surface area contributed by atoms with Gasteiger partial charge in [-0.3, -0.25) is 5.10 Å². The van der Waals surface area contributed by atoms with E-state index in [1.54, 1.807) is 11.2 Å². The number of aryl methyl sites for hydroxylation is 1. The predicted molar refractivity (Wildman–Crippen MR) is 66.4 cm³/mol. The van der Waals surface area contributed by atoms with E-state index in [0.29, 0.717) is 10.6 Å². The van der Waals surface area contributed by atoms with E-state index in [4.69, 9.17) is 5.73 Å². The lowest BCUT2D eigenvalue weighted by Gasteiger charge is -2.36. The molecule has 1 aromatic rings. The Bertz CT molecular complexity index is 539. The molecule has 7 heteroatoms. The standard InChI is InChI=1S/C11H18N4O2S/c1-7-11(6-13-14-7)18(16,17)15-9-2-3-10(15)5-8(12)4-9/h6,8-10H,2-5,12H2,1H3,(H,13,14). The van der Waals surface area contributed by atoms with Gasteiger partial charge in [-0.05, 0) is 32.6 Å². The van der Waals surface area contributed by atoms with Crippen LogP contribution in [0.1, 0.15) is 31.4 Å². The summed E-state index contributed by atoms with van der Waals surface area (Å²) in [6, 6.07) is 0.274. The lowest BCUT2D eigenvalue weighted by atomic mass is 10.0. The average molecular weight is 270 g/mol. The average Bonchev–Trinajstić information content (AvgIpc) is 2.82. The first kappa shape index (κ1) is 12.1. The number of nitrogens with two attached hydrogens (primary N) is 1. The Morgan fingerprint density at radius 3 is 2.50 bits per heavy atom. The minimum Gasteiger partial charge on any atom is -0.328 e. The number of hydrogen-bond donors (Lipinski definition) is 2. The molecule has 2 fully saturated rings. The number of sulfonamides is 1. The van der Waals surface area contributed by atoms with Crippen LogP contribution < -0.4 is 5.73 Å². The molecule has 0 radical (unpaired) electrons. The number of aromatic nitrogens is 2. The number of piperidine rings is 1. The summed E-state index contributed by atoms with van der Waals surface area (Å²) in [7, 11) is -3.42. The Kier molecular flexibility index (Phi) is 2.72. The molecule has 18 heavy (non-hydrogen) atoms. The molecule has 2 unspecified atom stereocenters. The minimum absolute atomic E-state index is 0.0676. The van der Waals surface area contributed by atoms with E-state index in [2.05, 4.69) is 10.2 Å². The number of aromatic amines is 1. The van der Waals surface area contributed by atoms with Gasteiger partial charge in [0.05, 0.1) is 11.9 Å². The number of H-pyrrole nitrogens is 1. The first-order chi connectivity index (χ1) is 8.50. The summed E-state index contributed by atoms with van der Waals surface area (Å²) in [5.41, 5.74) is 6.57. The molecule has 3 rings (SSSR count). The Morgan fingerprint density at radius 2 is 2.00 bits per heavy atom. The van der Waals surface area contributed by atoms with Crippen LogP contribution in [0.15, 0.2) is 11.1 Å². The van der Waals surface area contributed by atoms with E-state index in [1.807, 2.05) is 0 Å². The number of rotatable bonds is 2. The van der Waals surface area contributed by atoms with Gasteiger partial charge < -0.3 is 5.73 Å². The largest absolute Gasteiger partial charge is 0.328 e. The molecule has 1 aromatic heterocycles. The van der Waals surface area contributed by atoms with Crippen molar-refractivity contribution in [3.8, 4) is 0 Å². The molecule has 3 N–H and O–H groups in total. The summed E-state index contributed by atoms with van der Waals surface area (Å²) >= 11 is 0. The molecule has 2 aliphatic heterocycles. The lowest BCUT2D eigenvalue weighted by Crippen LogP contribution is -2.50. The first-order valence-corrected chi connectivity index (χ1v) is 7.73. The maximum absolute atomic E-state index is 12.7. The van der Waals surface area contributed by atoms with Crippen molar-refractivity contribution in [2.75, 3.05) is 0 Å². The van der Waals surface area contributed by atoms with Crippen molar-refractivity contribution in [2.24, 2.45) is 5.73 Å². The molecule has 3 heterocycles. The molecule has 0 aliphatic carbocycles. The van der Waals surface area contributed by atoms with Crippen LogP contribution >= 0.6 is 0 Å². The van der Waals surface area contributed by atoms with E-state index < -0.39 is 10.0 Å². The van der Waals surface area contributed by atoms with Gasteiger partial charge in [0.25, 0.3) is 0 Å². The first-order valence-electron chi connectivity index (χ1n) is 6.29. The van der Waals surface area contributed by atoms with Crippen molar-refractivity contribution < 1.29 is 8.42 Å². The monoisotopic (exact) mass is 270 g/mol. The zero-order valence-electron chi connectivity index (χ0n) is 10.3. The molecule has 6 nitrogen and oxygen atoms in total. The molecule has 0 spiro atoms. The Morgan fingerprint density at radius 1 is 1.39 bits per heavy atom. The lowest BCUT2D eigenvalue weighted by molar-refractivity contribution is 0.227. The van der Waals surface area contributed by atoms with E-state index in [1.165, 1.54) is 6.20 Å². The van der Waals surface area contributed by atoms with Gasteiger partial charge in [-0.15, -0.1) is 0 Å². The van der Waals surface area contributed by atoms with Gasteiger partial charge in [0.15, 0.2) is 0 Å². The van der Waals surface area contributed by atoms with Gasteiger partial charge in [0, 0.05) is 18.1 Å². The number of nitrogens with one attached hydrogen (secondary N) is 1. The van der Waals surface area contributed by atoms with Crippen molar-refractivity contribution >= 4 is 10.0 Å². The van der Waals surface area contributed by atoms with Crippen LogP contribution in [0.2, 0.25) is 0 Å². The predicted octanol–water partition coefficient (Wildman–Crippen LogP) is 0.361. The highest BCUT2D eigenvalue weighted by Gasteiger charge is 2.46. The SMILES string of the molecule is Cc1[nH]ncc1S(=O)(=O)N1C2CCC1CC(N)C2. The normalized spacial score (nSPS) is 32.9. The van der Waals surface area contributed by atoms with Crippen molar-refractivity contribution in [1.82, 2.24) is 14.5 Å². The van der Waals surface area contributed by atoms with Crippen LogP contribution in [-0.4, -0.2) is 41.0 Å². The Balaban J connectivity index is 1.99. The maximum atomic E-state index is 12.7. The topological polar surface area (TPSA) is 92.1 Å². The second-order valence-corrected chi connectivity index (χ2v) is 7.12. The summed E-state index contributed by atoms with van der Waals surface area (Å²) in [4.78, 5) is 0.301. The van der Waals surface area contributed by atoms with Gasteiger partial charge in [-0.1, -0.05) is 0 Å². The van der Waals surface area contributed by atoms with E-state index in [9.17, 15) is 8.42 Å². The fourth-order valence-electron chi connectivity index (χ4n) is 3.28. The van der Waals surface area contributed by atoms with Crippen molar-refractivity contribution in [3.63, 3.8) is 0 Å². The Labute approximate surface area is 107 Å². The molecular formula is C11H18N4O2S. The molecule has 2 aliphatic rings. The summed E-state index contributed by atoms with van der Waals surface area (Å²) in [5, 5.41) is 6.50. The van der Waals surface area contributed by atoms with E-state index in [-0.39, 0.29) is 18.1 Å². The fourth-order valence-corrected chi connectivity index (χ4v) is 5.30. The third-order valence-corrected chi connectivity index (χ3v) is 6.16. The maximum Gasteiger partial charge on any atom is 0.246 e. The van der Waals surface area contributed by atoms with Crippen molar-refractivity contribution in [1.29, 1.82) is 0 Å². The van der Waals surface area contributed by atoms with E-state index in [0.717, 1.165) is 25.7 Å². The van der Waals surface area contributed by atoms with E-state index >= 15 is 0 Å². The van der Waals surface area contributed by atoms with Crippen LogP contribution in [0.4, 0.5) is 0 Å². The smallest absolute Gasteiger partial charge is 0.246 e. The molecule has 2 bridgehead atoms. The second-order valence-electron chi connectivity index (χ2n) is 5.31. The highest BCUT2D eigenvalue weighted by molar-refractivity contribution is 7.89. The fraction of sp³-hybridized carbons (Fsp3) is 0.727. The minimum atomic E-state index is -3.42. The van der Waals surface area contributed by atoms with Crippen molar-refractivity contribution in [3.05, 3.63) is 11.9 Å². The number of nitrogens with zero attached hydrogens (tertiary/aromatic N) is 2. The van der Waals surface area contributed by atoms with Crippen LogP contribution in [0.5, 0.6) is 0 Å². The molecule has 2 atom stereocenters. The summed E-state index contributed by atoms with van der Waals surface area (Å²) in [5.74, 6) is 0. The molecule has 0 amide bonds. The van der Waals surface area contributed by atoms with Gasteiger partial charge in [0.1, 0.15) is 4.90 Å². The summed E-state index contributed by atoms with van der Waals surface area (Å²) < 4.78 is 27.0. The number of hydrogen-bond acceptors (Lipinski definition) is 4. The van der Waals surface area contributed by atoms with Gasteiger partial charge in [0.2, 0.25) is 10.0 Å². The zero-order valence-corrected chi connectivity index (χ0v) is 11.2. The molecular weight excluding hydrogens is 252 g/mol. The zero-order chi connectivity index (χ0) is 12.9. The van der Waals surface area contributed by atoms with Gasteiger partial charge in [-0.2, -0.15) is 9.40 Å². The van der Waals surface area contributed by atoms with Crippen LogP contribution in [0.3, 0.4) is 0 Å². The van der Waals surface area contributed by atoms with Crippen LogP contribution in [0.25, 0.3) is 0 Å². The highest BCUT2D eigenvalue weighted by atomic mass is 32.2. The van der Waals surface area contributed by atoms with Gasteiger partial charge >= 0.3 is 0 Å². The van der Waals surface area contributed by atoms with Crippen molar-refractivity contribution in [2.45, 2.75) is 55.6 Å². The Hall–Kier alpha value is -0.920. The molecule has 100 valence electrons.